The molecule has 0 aliphatic heterocycles. The molecule has 98 valence electrons. The smallest absolute Gasteiger partial charge is 0.305 e. The summed E-state index contributed by atoms with van der Waals surface area (Å²) in [5.41, 5.74) is -0.0723. The van der Waals surface area contributed by atoms with Crippen LogP contribution in [0, 0.1) is 6.92 Å². The zero-order valence-corrected chi connectivity index (χ0v) is 12.3. The van der Waals surface area contributed by atoms with E-state index in [2.05, 4.69) is 4.98 Å². The molecule has 0 atom stereocenters. The lowest BCUT2D eigenvalue weighted by Gasteiger charge is -2.33. The van der Waals surface area contributed by atoms with Gasteiger partial charge in [0.05, 0.1) is 0 Å². The molecule has 0 bridgehead atoms. The predicted molar refractivity (Wildman–Crippen MR) is 69.0 cm³/mol. The summed E-state index contributed by atoms with van der Waals surface area (Å²) in [6.07, 6.45) is 0.696. The normalized spacial score (nSPS) is 13.3. The van der Waals surface area contributed by atoms with Crippen molar-refractivity contribution in [2.24, 2.45) is 0 Å². The highest BCUT2D eigenvalue weighted by Gasteiger charge is 2.34. The Hall–Kier alpha value is -0.660. The van der Waals surface area contributed by atoms with Crippen LogP contribution in [0.3, 0.4) is 0 Å². The molecule has 0 aliphatic rings. The van der Waals surface area contributed by atoms with Crippen LogP contribution in [0.15, 0.2) is 9.00 Å². The van der Waals surface area contributed by atoms with Crippen LogP contribution in [0.2, 0.25) is 0 Å². The van der Waals surface area contributed by atoms with Gasteiger partial charge in [0.2, 0.25) is 0 Å². The second kappa shape index (κ2) is 4.55. The molecule has 0 aliphatic carbocycles. The molecular formula is C10H18N2O3S2. The van der Waals surface area contributed by atoms with Crippen LogP contribution in [0.5, 0.6) is 0 Å². The van der Waals surface area contributed by atoms with E-state index < -0.39 is 15.6 Å². The van der Waals surface area contributed by atoms with Gasteiger partial charge in [0.1, 0.15) is 0 Å². The van der Waals surface area contributed by atoms with Crippen LogP contribution in [0.1, 0.15) is 32.9 Å². The lowest BCUT2D eigenvalue weighted by atomic mass is 10.0. The van der Waals surface area contributed by atoms with Gasteiger partial charge in [0.15, 0.2) is 4.21 Å². The fraction of sp³-hybridized carbons (Fsp3) is 0.700. The summed E-state index contributed by atoms with van der Waals surface area (Å²) in [5, 5.41) is 0. The zero-order valence-electron chi connectivity index (χ0n) is 10.7. The van der Waals surface area contributed by atoms with Crippen molar-refractivity contribution < 1.29 is 8.42 Å². The first-order valence-electron chi connectivity index (χ1n) is 5.31. The van der Waals surface area contributed by atoms with E-state index >= 15 is 0 Å². The number of rotatable bonds is 4. The number of hydrogen-bond acceptors (Lipinski definition) is 4. The van der Waals surface area contributed by atoms with Crippen molar-refractivity contribution in [3.63, 3.8) is 0 Å². The molecule has 0 fully saturated rings. The van der Waals surface area contributed by atoms with Crippen LogP contribution < -0.4 is 4.87 Å². The average molecular weight is 278 g/mol. The van der Waals surface area contributed by atoms with Gasteiger partial charge in [-0.2, -0.15) is 4.31 Å². The van der Waals surface area contributed by atoms with Crippen molar-refractivity contribution in [3.05, 3.63) is 15.4 Å². The molecule has 0 spiro atoms. The molecule has 0 aromatic carbocycles. The largest absolute Gasteiger partial charge is 0.315 e. The molecule has 7 heteroatoms. The van der Waals surface area contributed by atoms with Gasteiger partial charge in [-0.15, -0.1) is 0 Å². The fourth-order valence-corrected chi connectivity index (χ4v) is 4.34. The lowest BCUT2D eigenvalue weighted by molar-refractivity contribution is 0.257. The third-order valence-corrected chi connectivity index (χ3v) is 6.74. The van der Waals surface area contributed by atoms with E-state index in [0.29, 0.717) is 12.1 Å². The van der Waals surface area contributed by atoms with E-state index in [1.807, 2.05) is 20.8 Å². The minimum absolute atomic E-state index is 0.103. The quantitative estimate of drug-likeness (QED) is 0.908. The van der Waals surface area contributed by atoms with Gasteiger partial charge < -0.3 is 4.98 Å². The molecule has 1 N–H and O–H groups in total. The maximum absolute atomic E-state index is 12.3. The summed E-state index contributed by atoms with van der Waals surface area (Å²) in [6.45, 7) is 7.24. The predicted octanol–water partition coefficient (Wildman–Crippen LogP) is 1.55. The summed E-state index contributed by atoms with van der Waals surface area (Å²) in [7, 11) is -2.05. The van der Waals surface area contributed by atoms with Crippen molar-refractivity contribution in [2.75, 3.05) is 7.05 Å². The molecule has 0 saturated heterocycles. The Labute approximate surface area is 106 Å². The lowest BCUT2D eigenvalue weighted by Crippen LogP contribution is -2.44. The molecule has 1 heterocycles. The molecule has 1 rings (SSSR count). The summed E-state index contributed by atoms with van der Waals surface area (Å²) in [4.78, 5) is 13.3. The number of H-pyrrole nitrogens is 1. The number of aromatic nitrogens is 1. The Morgan fingerprint density at radius 1 is 1.41 bits per heavy atom. The maximum atomic E-state index is 12.3. The molecule has 5 nitrogen and oxygen atoms in total. The summed E-state index contributed by atoms with van der Waals surface area (Å²) in [5.74, 6) is 0. The highest BCUT2D eigenvalue weighted by molar-refractivity contribution is 7.91. The molecule has 17 heavy (non-hydrogen) atoms. The van der Waals surface area contributed by atoms with E-state index in [0.717, 1.165) is 11.3 Å². The van der Waals surface area contributed by atoms with Crippen molar-refractivity contribution >= 4 is 21.4 Å². The van der Waals surface area contributed by atoms with E-state index in [9.17, 15) is 13.2 Å². The van der Waals surface area contributed by atoms with Crippen LogP contribution in [0.25, 0.3) is 0 Å². The highest BCUT2D eigenvalue weighted by Crippen LogP contribution is 2.27. The number of nitrogens with one attached hydrogen (secondary N) is 1. The second-order valence-corrected chi connectivity index (χ2v) is 7.71. The molecule has 1 aromatic heterocycles. The minimum atomic E-state index is -3.60. The summed E-state index contributed by atoms with van der Waals surface area (Å²) in [6, 6.07) is 0. The first-order valence-corrected chi connectivity index (χ1v) is 7.57. The third-order valence-electron chi connectivity index (χ3n) is 3.09. The zero-order chi connectivity index (χ0) is 13.4. The average Bonchev–Trinajstić information content (AvgIpc) is 2.57. The number of sulfonamides is 1. The second-order valence-electron chi connectivity index (χ2n) is 4.57. The number of thiazole rings is 1. The summed E-state index contributed by atoms with van der Waals surface area (Å²) >= 11 is 0.735. The van der Waals surface area contributed by atoms with Crippen molar-refractivity contribution in [2.45, 2.75) is 43.9 Å². The SMILES string of the molecule is CCC(C)(C)N(C)S(=O)(=O)c1sc(=O)[nH]c1C. The van der Waals surface area contributed by atoms with Gasteiger partial charge in [0.25, 0.3) is 10.0 Å². The van der Waals surface area contributed by atoms with E-state index in [4.69, 9.17) is 0 Å². The Morgan fingerprint density at radius 3 is 2.29 bits per heavy atom. The van der Waals surface area contributed by atoms with Crippen molar-refractivity contribution in [3.8, 4) is 0 Å². The third kappa shape index (κ3) is 2.61. The standard InChI is InChI=1S/C10H18N2O3S2/c1-6-10(3,4)12(5)17(14,15)8-7(2)11-9(13)16-8/h6H2,1-5H3,(H,11,13). The Bertz CT molecular complexity index is 554. The molecule has 0 amide bonds. The van der Waals surface area contributed by atoms with Crippen LogP contribution in [-0.2, 0) is 10.0 Å². The van der Waals surface area contributed by atoms with Gasteiger partial charge in [-0.05, 0) is 27.2 Å². The number of aryl methyl sites for hydroxylation is 1. The molecule has 0 radical (unpaired) electrons. The molecule has 0 unspecified atom stereocenters. The minimum Gasteiger partial charge on any atom is -0.315 e. The number of nitrogens with zero attached hydrogens (tertiary/aromatic N) is 1. The van der Waals surface area contributed by atoms with Gasteiger partial charge in [-0.3, -0.25) is 4.79 Å². The monoisotopic (exact) mass is 278 g/mol. The van der Waals surface area contributed by atoms with Gasteiger partial charge in [-0.1, -0.05) is 18.3 Å². The topological polar surface area (TPSA) is 70.2 Å². The number of hydrogen-bond donors (Lipinski definition) is 1. The first-order chi connectivity index (χ1) is 7.63. The Balaban J connectivity index is 3.30. The van der Waals surface area contributed by atoms with Crippen molar-refractivity contribution in [1.29, 1.82) is 0 Å². The van der Waals surface area contributed by atoms with Crippen LogP contribution >= 0.6 is 11.3 Å². The van der Waals surface area contributed by atoms with Gasteiger partial charge in [0, 0.05) is 18.3 Å². The molecule has 1 aromatic rings. The van der Waals surface area contributed by atoms with E-state index in [1.54, 1.807) is 14.0 Å². The molecular weight excluding hydrogens is 260 g/mol. The molecule has 0 saturated carbocycles. The van der Waals surface area contributed by atoms with Gasteiger partial charge >= 0.3 is 4.87 Å². The Kier molecular flexibility index (Phi) is 3.85. The van der Waals surface area contributed by atoms with E-state index in [-0.39, 0.29) is 9.08 Å². The number of aromatic amines is 1. The van der Waals surface area contributed by atoms with Crippen molar-refractivity contribution in [1.82, 2.24) is 9.29 Å². The fourth-order valence-electron chi connectivity index (χ4n) is 1.31. The van der Waals surface area contributed by atoms with Gasteiger partial charge in [-0.25, -0.2) is 8.42 Å². The van der Waals surface area contributed by atoms with Crippen LogP contribution in [0.4, 0.5) is 0 Å². The maximum Gasteiger partial charge on any atom is 0.305 e. The first kappa shape index (κ1) is 14.4. The summed E-state index contributed by atoms with van der Waals surface area (Å²) < 4.78 is 26.1. The van der Waals surface area contributed by atoms with Crippen LogP contribution in [-0.4, -0.2) is 30.3 Å². The highest BCUT2D eigenvalue weighted by atomic mass is 32.2. The van der Waals surface area contributed by atoms with E-state index in [1.165, 1.54) is 4.31 Å². The Morgan fingerprint density at radius 2 is 1.94 bits per heavy atom.